The number of anilines is 1. The van der Waals surface area contributed by atoms with Crippen LogP contribution in [0.15, 0.2) is 40.8 Å². The van der Waals surface area contributed by atoms with Crippen LogP contribution in [0.5, 0.6) is 0 Å². The third kappa shape index (κ3) is 3.87. The van der Waals surface area contributed by atoms with Crippen molar-refractivity contribution in [1.82, 2.24) is 5.43 Å². The zero-order valence-electron chi connectivity index (χ0n) is 10.8. The van der Waals surface area contributed by atoms with Crippen LogP contribution in [0.2, 0.25) is 0 Å². The average Bonchev–Trinajstić information content (AvgIpc) is 2.88. The molecule has 1 aromatic carbocycles. The van der Waals surface area contributed by atoms with Crippen LogP contribution >= 0.6 is 23.6 Å². The fourth-order valence-electron chi connectivity index (χ4n) is 1.56. The van der Waals surface area contributed by atoms with Crippen LogP contribution in [0.25, 0.3) is 0 Å². The minimum absolute atomic E-state index is 0.488. The van der Waals surface area contributed by atoms with Gasteiger partial charge in [-0.25, -0.2) is 0 Å². The van der Waals surface area contributed by atoms with Gasteiger partial charge in [0.1, 0.15) is 0 Å². The molecular formula is C14H15N3S2. The molecule has 0 aliphatic rings. The van der Waals surface area contributed by atoms with Gasteiger partial charge < -0.3 is 5.32 Å². The lowest BCUT2D eigenvalue weighted by Gasteiger charge is -2.11. The first-order valence-corrected chi connectivity index (χ1v) is 7.15. The maximum atomic E-state index is 5.20. The Labute approximate surface area is 122 Å². The Hall–Kier alpha value is -1.72. The second kappa shape index (κ2) is 6.45. The number of hydrogen-bond donors (Lipinski definition) is 2. The first-order chi connectivity index (χ1) is 9.16. The predicted molar refractivity (Wildman–Crippen MR) is 87.2 cm³/mol. The van der Waals surface area contributed by atoms with Crippen LogP contribution < -0.4 is 10.7 Å². The van der Waals surface area contributed by atoms with Gasteiger partial charge in [-0.3, -0.25) is 5.43 Å². The molecule has 0 bridgehead atoms. The van der Waals surface area contributed by atoms with E-state index in [1.807, 2.05) is 29.6 Å². The summed E-state index contributed by atoms with van der Waals surface area (Å²) < 4.78 is 0. The molecule has 0 aliphatic carbocycles. The average molecular weight is 289 g/mol. The number of hydrazone groups is 1. The summed E-state index contributed by atoms with van der Waals surface area (Å²) in [5.74, 6) is 0. The maximum absolute atomic E-state index is 5.20. The van der Waals surface area contributed by atoms with Crippen LogP contribution in [0.3, 0.4) is 0 Å². The smallest absolute Gasteiger partial charge is 0.191 e. The van der Waals surface area contributed by atoms with Gasteiger partial charge in [-0.2, -0.15) is 5.10 Å². The highest BCUT2D eigenvalue weighted by molar-refractivity contribution is 7.80. The highest BCUT2D eigenvalue weighted by atomic mass is 32.1. The van der Waals surface area contributed by atoms with Gasteiger partial charge >= 0.3 is 0 Å². The van der Waals surface area contributed by atoms with Gasteiger partial charge in [0.25, 0.3) is 0 Å². The van der Waals surface area contributed by atoms with Gasteiger partial charge in [-0.15, -0.1) is 11.3 Å². The predicted octanol–water partition coefficient (Wildman–Crippen LogP) is 3.69. The summed E-state index contributed by atoms with van der Waals surface area (Å²) in [6, 6.07) is 10.1. The molecule has 0 atom stereocenters. The largest absolute Gasteiger partial charge is 0.331 e. The van der Waals surface area contributed by atoms with Crippen molar-refractivity contribution in [2.24, 2.45) is 5.10 Å². The second-order valence-electron chi connectivity index (χ2n) is 4.09. The first kappa shape index (κ1) is 13.7. The Bertz CT molecular complexity index is 589. The van der Waals surface area contributed by atoms with E-state index in [1.165, 1.54) is 11.1 Å². The molecule has 0 saturated carbocycles. The van der Waals surface area contributed by atoms with E-state index in [4.69, 9.17) is 12.2 Å². The van der Waals surface area contributed by atoms with E-state index < -0.39 is 0 Å². The van der Waals surface area contributed by atoms with Crippen molar-refractivity contribution >= 4 is 40.6 Å². The van der Waals surface area contributed by atoms with Gasteiger partial charge in [-0.1, -0.05) is 18.2 Å². The molecule has 98 valence electrons. The maximum Gasteiger partial charge on any atom is 0.191 e. The van der Waals surface area contributed by atoms with Gasteiger partial charge in [0.2, 0.25) is 0 Å². The lowest BCUT2D eigenvalue weighted by molar-refractivity contribution is 1.05. The number of nitrogens with zero attached hydrogens (tertiary/aromatic N) is 1. The van der Waals surface area contributed by atoms with E-state index in [-0.39, 0.29) is 0 Å². The highest BCUT2D eigenvalue weighted by Gasteiger charge is 2.01. The zero-order chi connectivity index (χ0) is 13.7. The summed E-state index contributed by atoms with van der Waals surface area (Å²) in [5, 5.41) is 9.73. The van der Waals surface area contributed by atoms with Crippen molar-refractivity contribution in [1.29, 1.82) is 0 Å². The minimum atomic E-state index is 0.488. The molecule has 0 spiro atoms. The Kier molecular flexibility index (Phi) is 4.65. The van der Waals surface area contributed by atoms with Crippen LogP contribution in [-0.2, 0) is 0 Å². The fraction of sp³-hybridized carbons (Fsp3) is 0.143. The van der Waals surface area contributed by atoms with Crippen molar-refractivity contribution in [2.45, 2.75) is 13.8 Å². The quantitative estimate of drug-likeness (QED) is 0.514. The number of nitrogens with one attached hydrogen (secondary N) is 2. The van der Waals surface area contributed by atoms with E-state index >= 15 is 0 Å². The lowest BCUT2D eigenvalue weighted by atomic mass is 10.1. The molecule has 2 N–H and O–H groups in total. The number of thiocarbonyl (C=S) groups is 1. The van der Waals surface area contributed by atoms with Crippen LogP contribution in [0.1, 0.15) is 16.0 Å². The molecule has 2 aromatic rings. The summed E-state index contributed by atoms with van der Waals surface area (Å²) in [6.45, 7) is 4.14. The number of hydrogen-bond acceptors (Lipinski definition) is 3. The van der Waals surface area contributed by atoms with Gasteiger partial charge in [0.15, 0.2) is 5.11 Å². The SMILES string of the molecule is Cc1cccc(NC(=S)N/N=C\c2cccs2)c1C. The van der Waals surface area contributed by atoms with Gasteiger partial charge in [0, 0.05) is 10.6 Å². The van der Waals surface area contributed by atoms with Crippen molar-refractivity contribution in [3.63, 3.8) is 0 Å². The van der Waals surface area contributed by atoms with Gasteiger partial charge in [0.05, 0.1) is 6.21 Å². The third-order valence-electron chi connectivity index (χ3n) is 2.75. The second-order valence-corrected chi connectivity index (χ2v) is 5.47. The van der Waals surface area contributed by atoms with Crippen LogP contribution in [0.4, 0.5) is 5.69 Å². The Morgan fingerprint density at radius 3 is 2.84 bits per heavy atom. The first-order valence-electron chi connectivity index (χ1n) is 5.86. The molecule has 3 nitrogen and oxygen atoms in total. The molecule has 0 saturated heterocycles. The Balaban J connectivity index is 1.93. The topological polar surface area (TPSA) is 36.4 Å². The van der Waals surface area contributed by atoms with Crippen molar-refractivity contribution in [3.05, 3.63) is 51.7 Å². The molecular weight excluding hydrogens is 274 g/mol. The third-order valence-corrected chi connectivity index (χ3v) is 3.75. The molecule has 0 unspecified atom stereocenters. The Morgan fingerprint density at radius 1 is 1.26 bits per heavy atom. The highest BCUT2D eigenvalue weighted by Crippen LogP contribution is 2.17. The molecule has 19 heavy (non-hydrogen) atoms. The summed E-state index contributed by atoms with van der Waals surface area (Å²) in [4.78, 5) is 1.09. The van der Waals surface area contributed by atoms with Crippen molar-refractivity contribution in [3.8, 4) is 0 Å². The molecule has 5 heteroatoms. The van der Waals surface area contributed by atoms with E-state index in [0.29, 0.717) is 5.11 Å². The summed E-state index contributed by atoms with van der Waals surface area (Å²) in [6.07, 6.45) is 1.75. The molecule has 0 amide bonds. The van der Waals surface area contributed by atoms with E-state index in [1.54, 1.807) is 17.6 Å². The normalized spacial score (nSPS) is 10.6. The van der Waals surface area contributed by atoms with E-state index in [0.717, 1.165) is 10.6 Å². The molecule has 0 radical (unpaired) electrons. The molecule has 0 fully saturated rings. The lowest BCUT2D eigenvalue weighted by Crippen LogP contribution is -2.24. The molecule has 1 aromatic heterocycles. The number of rotatable bonds is 3. The number of benzene rings is 1. The van der Waals surface area contributed by atoms with E-state index in [9.17, 15) is 0 Å². The number of aryl methyl sites for hydroxylation is 1. The molecule has 1 heterocycles. The Morgan fingerprint density at radius 2 is 2.11 bits per heavy atom. The van der Waals surface area contributed by atoms with E-state index in [2.05, 4.69) is 35.8 Å². The van der Waals surface area contributed by atoms with Gasteiger partial charge in [-0.05, 0) is 54.7 Å². The van der Waals surface area contributed by atoms with Crippen molar-refractivity contribution < 1.29 is 0 Å². The monoisotopic (exact) mass is 289 g/mol. The summed E-state index contributed by atoms with van der Waals surface area (Å²) in [7, 11) is 0. The van der Waals surface area contributed by atoms with Crippen LogP contribution in [-0.4, -0.2) is 11.3 Å². The molecule has 0 aliphatic heterocycles. The fourth-order valence-corrected chi connectivity index (χ4v) is 2.30. The minimum Gasteiger partial charge on any atom is -0.331 e. The van der Waals surface area contributed by atoms with Crippen LogP contribution in [0, 0.1) is 13.8 Å². The molecule has 2 rings (SSSR count). The zero-order valence-corrected chi connectivity index (χ0v) is 12.4. The summed E-state index contributed by atoms with van der Waals surface area (Å²) in [5.41, 5.74) is 6.24. The summed E-state index contributed by atoms with van der Waals surface area (Å²) >= 11 is 6.83. The standard InChI is InChI=1S/C14H15N3S2/c1-10-5-3-7-13(11(10)2)16-14(18)17-15-9-12-6-4-8-19-12/h3-9H,1-2H3,(H2,16,17,18)/b15-9-. The number of thiophene rings is 1. The van der Waals surface area contributed by atoms with Crippen molar-refractivity contribution in [2.75, 3.05) is 5.32 Å².